The van der Waals surface area contributed by atoms with E-state index < -0.39 is 17.9 Å². The first-order valence-electron chi connectivity index (χ1n) is 7.51. The van der Waals surface area contributed by atoms with Crippen LogP contribution in [0.15, 0.2) is 36.5 Å². The van der Waals surface area contributed by atoms with E-state index in [0.717, 1.165) is 5.69 Å². The molecule has 0 saturated carbocycles. The highest BCUT2D eigenvalue weighted by Crippen LogP contribution is 2.15. The minimum Gasteiger partial charge on any atom is -0.479 e. The Hall–Kier alpha value is -2.63. The van der Waals surface area contributed by atoms with Gasteiger partial charge in [0.05, 0.1) is 11.8 Å². The van der Waals surface area contributed by atoms with Crippen LogP contribution in [0.2, 0.25) is 0 Å². The number of hydrogen-bond acceptors (Lipinski definition) is 3. The van der Waals surface area contributed by atoms with E-state index in [0.29, 0.717) is 23.6 Å². The van der Waals surface area contributed by atoms with Gasteiger partial charge in [-0.2, -0.15) is 5.10 Å². The van der Waals surface area contributed by atoms with Gasteiger partial charge >= 0.3 is 5.97 Å². The fraction of sp³-hybridized carbons (Fsp3) is 0.353. The van der Waals surface area contributed by atoms with Crippen molar-refractivity contribution < 1.29 is 14.7 Å². The Kier molecular flexibility index (Phi) is 5.16. The van der Waals surface area contributed by atoms with Crippen molar-refractivity contribution in [2.24, 2.45) is 5.92 Å². The lowest BCUT2D eigenvalue weighted by Crippen LogP contribution is -2.34. The van der Waals surface area contributed by atoms with Gasteiger partial charge in [0.1, 0.15) is 0 Å². The van der Waals surface area contributed by atoms with Crippen molar-refractivity contribution in [2.45, 2.75) is 33.4 Å². The molecule has 1 aromatic carbocycles. The van der Waals surface area contributed by atoms with Crippen LogP contribution in [-0.2, 0) is 11.3 Å². The number of aromatic nitrogens is 2. The van der Waals surface area contributed by atoms with Gasteiger partial charge < -0.3 is 10.4 Å². The van der Waals surface area contributed by atoms with Gasteiger partial charge in [0.15, 0.2) is 6.04 Å². The minimum atomic E-state index is -1.10. The molecule has 1 aromatic heterocycles. The maximum atomic E-state index is 12.4. The van der Waals surface area contributed by atoms with E-state index in [9.17, 15) is 14.7 Å². The largest absolute Gasteiger partial charge is 0.479 e. The van der Waals surface area contributed by atoms with Crippen LogP contribution < -0.4 is 5.32 Å². The monoisotopic (exact) mass is 315 g/mol. The summed E-state index contributed by atoms with van der Waals surface area (Å²) in [5, 5.41) is 16.2. The number of carbonyl (C=O) groups excluding carboxylic acids is 1. The highest BCUT2D eigenvalue weighted by Gasteiger charge is 2.24. The number of benzene rings is 1. The van der Waals surface area contributed by atoms with Crippen molar-refractivity contribution in [3.63, 3.8) is 0 Å². The van der Waals surface area contributed by atoms with Crippen LogP contribution in [-0.4, -0.2) is 26.8 Å². The summed E-state index contributed by atoms with van der Waals surface area (Å²) in [6, 6.07) is 7.54. The van der Waals surface area contributed by atoms with Crippen LogP contribution in [0.5, 0.6) is 0 Å². The summed E-state index contributed by atoms with van der Waals surface area (Å²) in [5.74, 6) is -1.13. The molecule has 1 unspecified atom stereocenters. The van der Waals surface area contributed by atoms with Crippen molar-refractivity contribution in [3.05, 3.63) is 53.3 Å². The Morgan fingerprint density at radius 1 is 1.26 bits per heavy atom. The van der Waals surface area contributed by atoms with Gasteiger partial charge in [-0.05, 0) is 18.4 Å². The van der Waals surface area contributed by atoms with Gasteiger partial charge in [-0.15, -0.1) is 0 Å². The van der Waals surface area contributed by atoms with Gasteiger partial charge in [-0.3, -0.25) is 9.48 Å². The van der Waals surface area contributed by atoms with Crippen LogP contribution in [0, 0.1) is 12.8 Å². The normalized spacial score (nSPS) is 12.2. The maximum absolute atomic E-state index is 12.4. The van der Waals surface area contributed by atoms with Gasteiger partial charge in [-0.1, -0.05) is 44.2 Å². The zero-order valence-electron chi connectivity index (χ0n) is 13.5. The highest BCUT2D eigenvalue weighted by atomic mass is 16.4. The highest BCUT2D eigenvalue weighted by molar-refractivity contribution is 5.97. The zero-order chi connectivity index (χ0) is 17.0. The molecule has 0 aliphatic carbocycles. The topological polar surface area (TPSA) is 84.2 Å². The van der Waals surface area contributed by atoms with Crippen LogP contribution in [0.1, 0.15) is 41.5 Å². The average Bonchev–Trinajstić information content (AvgIpc) is 2.85. The summed E-state index contributed by atoms with van der Waals surface area (Å²) in [7, 11) is 0. The molecule has 6 heteroatoms. The number of aliphatic carboxylic acids is 1. The van der Waals surface area contributed by atoms with E-state index in [1.54, 1.807) is 35.0 Å². The van der Waals surface area contributed by atoms with E-state index in [-0.39, 0.29) is 0 Å². The molecule has 1 heterocycles. The third-order valence-corrected chi connectivity index (χ3v) is 3.54. The first-order chi connectivity index (χ1) is 10.9. The molecule has 0 radical (unpaired) electrons. The van der Waals surface area contributed by atoms with E-state index in [4.69, 9.17) is 0 Å². The van der Waals surface area contributed by atoms with E-state index >= 15 is 0 Å². The van der Waals surface area contributed by atoms with Gasteiger partial charge in [0, 0.05) is 12.2 Å². The molecule has 2 rings (SSSR count). The van der Waals surface area contributed by atoms with Gasteiger partial charge in [0.2, 0.25) is 0 Å². The Labute approximate surface area is 135 Å². The lowest BCUT2D eigenvalue weighted by molar-refractivity contribution is -0.139. The second-order valence-electron chi connectivity index (χ2n) is 5.88. The fourth-order valence-corrected chi connectivity index (χ4v) is 2.34. The standard InChI is InChI=1S/C17H21N3O3/c1-11(2)10-20-12(3)14(9-18-20)16(21)19-15(17(22)23)13-7-5-4-6-8-13/h4-9,11,15H,10H2,1-3H3,(H,19,21)(H,22,23). The Balaban J connectivity index is 2.20. The van der Waals surface area contributed by atoms with Crippen molar-refractivity contribution in [2.75, 3.05) is 0 Å². The maximum Gasteiger partial charge on any atom is 0.330 e. The Morgan fingerprint density at radius 3 is 2.48 bits per heavy atom. The second kappa shape index (κ2) is 7.09. The Bertz CT molecular complexity index is 692. The lowest BCUT2D eigenvalue weighted by Gasteiger charge is -2.15. The number of carboxylic acids is 1. The molecule has 1 amide bonds. The first-order valence-corrected chi connectivity index (χ1v) is 7.51. The van der Waals surface area contributed by atoms with Crippen molar-refractivity contribution >= 4 is 11.9 Å². The summed E-state index contributed by atoms with van der Waals surface area (Å²) in [6.45, 7) is 6.65. The van der Waals surface area contributed by atoms with Gasteiger partial charge in [-0.25, -0.2) is 4.79 Å². The molecule has 0 fully saturated rings. The van der Waals surface area contributed by atoms with Crippen LogP contribution in [0.3, 0.4) is 0 Å². The lowest BCUT2D eigenvalue weighted by atomic mass is 10.1. The number of amides is 1. The number of carboxylic acid groups (broad SMARTS) is 1. The number of hydrogen-bond donors (Lipinski definition) is 2. The molecule has 0 aliphatic rings. The van der Waals surface area contributed by atoms with Gasteiger partial charge in [0.25, 0.3) is 5.91 Å². The number of carbonyl (C=O) groups is 2. The first kappa shape index (κ1) is 16.7. The second-order valence-corrected chi connectivity index (χ2v) is 5.88. The fourth-order valence-electron chi connectivity index (χ4n) is 2.34. The predicted molar refractivity (Wildman–Crippen MR) is 86.1 cm³/mol. The number of nitrogens with one attached hydrogen (secondary N) is 1. The third-order valence-electron chi connectivity index (χ3n) is 3.54. The predicted octanol–water partition coefficient (Wildman–Crippen LogP) is 2.40. The van der Waals surface area contributed by atoms with Crippen molar-refractivity contribution in [1.29, 1.82) is 0 Å². The number of rotatable bonds is 6. The number of nitrogens with zero attached hydrogens (tertiary/aromatic N) is 2. The smallest absolute Gasteiger partial charge is 0.330 e. The summed E-state index contributed by atoms with van der Waals surface area (Å²) in [4.78, 5) is 23.9. The molecule has 23 heavy (non-hydrogen) atoms. The van der Waals surface area contributed by atoms with Crippen molar-refractivity contribution in [3.8, 4) is 0 Å². The molecule has 122 valence electrons. The third kappa shape index (κ3) is 3.97. The zero-order valence-corrected chi connectivity index (χ0v) is 13.5. The van der Waals surface area contributed by atoms with E-state index in [1.165, 1.54) is 6.20 Å². The molecular weight excluding hydrogens is 294 g/mol. The summed E-state index contributed by atoms with van der Waals surface area (Å²) >= 11 is 0. The molecular formula is C17H21N3O3. The molecule has 2 aromatic rings. The summed E-state index contributed by atoms with van der Waals surface area (Å²) < 4.78 is 1.76. The van der Waals surface area contributed by atoms with Crippen LogP contribution in [0.4, 0.5) is 0 Å². The summed E-state index contributed by atoms with van der Waals surface area (Å²) in [5.41, 5.74) is 1.65. The van der Waals surface area contributed by atoms with Crippen LogP contribution >= 0.6 is 0 Å². The van der Waals surface area contributed by atoms with Crippen molar-refractivity contribution in [1.82, 2.24) is 15.1 Å². The molecule has 0 bridgehead atoms. The molecule has 6 nitrogen and oxygen atoms in total. The molecule has 0 saturated heterocycles. The van der Waals surface area contributed by atoms with Crippen LogP contribution in [0.25, 0.3) is 0 Å². The minimum absolute atomic E-state index is 0.396. The quantitative estimate of drug-likeness (QED) is 0.857. The molecule has 0 aliphatic heterocycles. The molecule has 1 atom stereocenters. The Morgan fingerprint density at radius 2 is 1.91 bits per heavy atom. The summed E-state index contributed by atoms with van der Waals surface area (Å²) in [6.07, 6.45) is 1.48. The van der Waals surface area contributed by atoms with E-state index in [1.807, 2.05) is 6.92 Å². The molecule has 0 spiro atoms. The molecule has 2 N–H and O–H groups in total. The average molecular weight is 315 g/mol. The van der Waals surface area contributed by atoms with E-state index in [2.05, 4.69) is 24.3 Å². The SMILES string of the molecule is Cc1c(C(=O)NC(C(=O)O)c2ccccc2)cnn1CC(C)C.